The largest absolute Gasteiger partial charge is 0.465 e. The number of hydrogen-bond acceptors (Lipinski definition) is 6. The van der Waals surface area contributed by atoms with Crippen molar-refractivity contribution in [1.82, 2.24) is 20.2 Å². The Kier molecular flexibility index (Phi) is 6.40. The summed E-state index contributed by atoms with van der Waals surface area (Å²) in [4.78, 5) is 38.4. The number of nitrogens with one attached hydrogen (secondary N) is 1. The Balaban J connectivity index is 1.68. The molecular weight excluding hydrogens is 412 g/mol. The molecule has 0 aliphatic carbocycles. The molecule has 32 heavy (non-hydrogen) atoms. The normalized spacial score (nSPS) is 15.8. The molecule has 1 fully saturated rings. The van der Waals surface area contributed by atoms with E-state index in [-0.39, 0.29) is 12.6 Å². The van der Waals surface area contributed by atoms with E-state index in [1.807, 2.05) is 31.2 Å². The predicted molar refractivity (Wildman–Crippen MR) is 120 cm³/mol. The highest BCUT2D eigenvalue weighted by Gasteiger charge is 2.28. The van der Waals surface area contributed by atoms with Gasteiger partial charge in [-0.1, -0.05) is 0 Å². The summed E-state index contributed by atoms with van der Waals surface area (Å²) in [5.74, 6) is 1.41. The maximum absolute atomic E-state index is 12.1. The highest BCUT2D eigenvalue weighted by Crippen LogP contribution is 2.30. The Morgan fingerprint density at radius 2 is 1.88 bits per heavy atom. The first-order valence-corrected chi connectivity index (χ1v) is 10.8. The second kappa shape index (κ2) is 9.39. The number of nitrogens with zero attached hydrogens (tertiary/aromatic N) is 5. The van der Waals surface area contributed by atoms with E-state index in [1.165, 1.54) is 4.90 Å². The summed E-state index contributed by atoms with van der Waals surface area (Å²) in [5, 5.41) is 12.2. The average Bonchev–Trinajstić information content (AvgIpc) is 2.83. The van der Waals surface area contributed by atoms with Gasteiger partial charge < -0.3 is 25.0 Å². The minimum Gasteiger partial charge on any atom is -0.465 e. The lowest BCUT2D eigenvalue weighted by molar-refractivity contribution is 0.122. The second-order valence-corrected chi connectivity index (χ2v) is 7.79. The highest BCUT2D eigenvalue weighted by atomic mass is 16.5. The van der Waals surface area contributed by atoms with E-state index in [0.717, 1.165) is 41.4 Å². The van der Waals surface area contributed by atoms with Crippen molar-refractivity contribution in [2.45, 2.75) is 19.9 Å². The number of aromatic nitrogens is 2. The molecule has 4 rings (SSSR count). The van der Waals surface area contributed by atoms with Crippen LogP contribution in [0.1, 0.15) is 18.2 Å². The number of rotatable bonds is 4. The Morgan fingerprint density at radius 3 is 2.53 bits per heavy atom. The molecule has 0 unspecified atom stereocenters. The summed E-state index contributed by atoms with van der Waals surface area (Å²) in [6, 6.07) is 7.30. The fraction of sp³-hybridized carbons (Fsp3) is 0.455. The zero-order valence-electron chi connectivity index (χ0n) is 18.4. The Morgan fingerprint density at radius 1 is 1.16 bits per heavy atom. The van der Waals surface area contributed by atoms with E-state index >= 15 is 0 Å². The van der Waals surface area contributed by atoms with Gasteiger partial charge in [0.2, 0.25) is 0 Å². The molecule has 1 aromatic heterocycles. The highest BCUT2D eigenvalue weighted by molar-refractivity contribution is 5.91. The molecule has 0 spiro atoms. The van der Waals surface area contributed by atoms with Gasteiger partial charge in [-0.2, -0.15) is 0 Å². The van der Waals surface area contributed by atoms with E-state index in [4.69, 9.17) is 14.7 Å². The SMILES string of the molecule is CCNC(=O)N(C)c1ccc(-c2nc3c(c(N4CCOCC4)n2)CCN(C(=O)O)C3)cc1. The lowest BCUT2D eigenvalue weighted by atomic mass is 10.0. The fourth-order valence-corrected chi connectivity index (χ4v) is 3.96. The van der Waals surface area contributed by atoms with Gasteiger partial charge in [0.1, 0.15) is 5.82 Å². The molecule has 0 radical (unpaired) electrons. The summed E-state index contributed by atoms with van der Waals surface area (Å²) in [7, 11) is 1.71. The van der Waals surface area contributed by atoms with Crippen LogP contribution in [0.4, 0.5) is 21.1 Å². The van der Waals surface area contributed by atoms with Crippen LogP contribution in [0.2, 0.25) is 0 Å². The van der Waals surface area contributed by atoms with Gasteiger partial charge in [0.25, 0.3) is 0 Å². The molecule has 0 bridgehead atoms. The van der Waals surface area contributed by atoms with Crippen LogP contribution in [0.25, 0.3) is 11.4 Å². The number of ether oxygens (including phenoxy) is 1. The number of benzene rings is 1. The Bertz CT molecular complexity index is 991. The topological polar surface area (TPSA) is 111 Å². The second-order valence-electron chi connectivity index (χ2n) is 7.79. The van der Waals surface area contributed by atoms with Crippen LogP contribution < -0.4 is 15.1 Å². The van der Waals surface area contributed by atoms with Gasteiger partial charge in [0, 0.05) is 50.0 Å². The van der Waals surface area contributed by atoms with Gasteiger partial charge in [-0.3, -0.25) is 4.90 Å². The standard InChI is InChI=1S/C22H28N6O4/c1-3-23-21(29)26(2)16-6-4-15(5-7-16)19-24-18-14-28(22(30)31)9-8-17(18)20(25-19)27-10-12-32-13-11-27/h4-7H,3,8-14H2,1-2H3,(H,23,29)(H,30,31). The number of fused-ring (bicyclic) bond motifs is 1. The average molecular weight is 441 g/mol. The van der Waals surface area contributed by atoms with E-state index in [2.05, 4.69) is 10.2 Å². The molecule has 2 aromatic rings. The zero-order valence-corrected chi connectivity index (χ0v) is 18.4. The minimum absolute atomic E-state index is 0.173. The van der Waals surface area contributed by atoms with Crippen LogP contribution in [0.5, 0.6) is 0 Å². The van der Waals surface area contributed by atoms with Gasteiger partial charge in [0.15, 0.2) is 5.82 Å². The molecule has 0 atom stereocenters. The van der Waals surface area contributed by atoms with E-state index in [0.29, 0.717) is 38.5 Å². The number of anilines is 2. The quantitative estimate of drug-likeness (QED) is 0.750. The van der Waals surface area contributed by atoms with Crippen molar-refractivity contribution in [2.75, 3.05) is 56.2 Å². The van der Waals surface area contributed by atoms with Crippen molar-refractivity contribution in [3.8, 4) is 11.4 Å². The van der Waals surface area contributed by atoms with Crippen molar-refractivity contribution in [3.63, 3.8) is 0 Å². The van der Waals surface area contributed by atoms with Crippen molar-refractivity contribution >= 4 is 23.6 Å². The van der Waals surface area contributed by atoms with Crippen molar-refractivity contribution < 1.29 is 19.4 Å². The number of hydrogen-bond donors (Lipinski definition) is 2. The molecule has 0 saturated carbocycles. The fourth-order valence-electron chi connectivity index (χ4n) is 3.96. The van der Waals surface area contributed by atoms with Crippen LogP contribution in [0, 0.1) is 0 Å². The summed E-state index contributed by atoms with van der Waals surface area (Å²) in [6.45, 7) is 5.86. The number of carboxylic acid groups (broad SMARTS) is 1. The molecule has 3 amide bonds. The summed E-state index contributed by atoms with van der Waals surface area (Å²) in [6.07, 6.45) is -0.355. The first-order valence-electron chi connectivity index (χ1n) is 10.8. The minimum atomic E-state index is -0.943. The number of amides is 3. The van der Waals surface area contributed by atoms with Crippen molar-refractivity contribution in [3.05, 3.63) is 35.5 Å². The molecule has 170 valence electrons. The van der Waals surface area contributed by atoms with Crippen LogP contribution in [-0.4, -0.2) is 78.5 Å². The number of carbonyl (C=O) groups is 2. The van der Waals surface area contributed by atoms with Gasteiger partial charge in [-0.25, -0.2) is 19.6 Å². The van der Waals surface area contributed by atoms with Crippen LogP contribution in [0.3, 0.4) is 0 Å². The summed E-state index contributed by atoms with van der Waals surface area (Å²) < 4.78 is 5.49. The third kappa shape index (κ3) is 4.45. The molecule has 10 heteroatoms. The third-order valence-corrected chi connectivity index (χ3v) is 5.77. The molecular formula is C22H28N6O4. The van der Waals surface area contributed by atoms with Crippen molar-refractivity contribution in [2.24, 2.45) is 0 Å². The molecule has 1 saturated heterocycles. The molecule has 3 heterocycles. The first kappa shape index (κ1) is 21.8. The number of carbonyl (C=O) groups excluding carboxylic acids is 1. The first-order chi connectivity index (χ1) is 15.5. The number of urea groups is 1. The van der Waals surface area contributed by atoms with E-state index < -0.39 is 6.09 Å². The molecule has 10 nitrogen and oxygen atoms in total. The van der Waals surface area contributed by atoms with E-state index in [1.54, 1.807) is 11.9 Å². The lowest BCUT2D eigenvalue weighted by Gasteiger charge is -2.33. The van der Waals surface area contributed by atoms with Gasteiger partial charge in [-0.05, 0) is 37.6 Å². The van der Waals surface area contributed by atoms with Crippen molar-refractivity contribution in [1.29, 1.82) is 0 Å². The predicted octanol–water partition coefficient (Wildman–Crippen LogP) is 2.18. The molecule has 2 aliphatic heterocycles. The van der Waals surface area contributed by atoms with Gasteiger partial charge in [0.05, 0.1) is 25.5 Å². The summed E-state index contributed by atoms with van der Waals surface area (Å²) >= 11 is 0. The molecule has 2 N–H and O–H groups in total. The van der Waals surface area contributed by atoms with Crippen LogP contribution in [-0.2, 0) is 17.7 Å². The number of morpholine rings is 1. The molecule has 2 aliphatic rings. The Hall–Kier alpha value is -3.40. The zero-order chi connectivity index (χ0) is 22.7. The van der Waals surface area contributed by atoms with E-state index in [9.17, 15) is 14.7 Å². The third-order valence-electron chi connectivity index (χ3n) is 5.77. The van der Waals surface area contributed by atoms with Crippen LogP contribution in [0.15, 0.2) is 24.3 Å². The Labute approximate surface area is 186 Å². The monoisotopic (exact) mass is 440 g/mol. The van der Waals surface area contributed by atoms with Gasteiger partial charge in [-0.15, -0.1) is 0 Å². The maximum Gasteiger partial charge on any atom is 0.407 e. The summed E-state index contributed by atoms with van der Waals surface area (Å²) in [5.41, 5.74) is 3.32. The van der Waals surface area contributed by atoms with Crippen LogP contribution >= 0.6 is 0 Å². The maximum atomic E-state index is 12.1. The smallest absolute Gasteiger partial charge is 0.407 e. The lowest BCUT2D eigenvalue weighted by Crippen LogP contribution is -2.40. The van der Waals surface area contributed by atoms with Gasteiger partial charge >= 0.3 is 12.1 Å². The molecule has 1 aromatic carbocycles.